The van der Waals surface area contributed by atoms with Gasteiger partial charge in [0.2, 0.25) is 5.84 Å². The number of oxime groups is 1. The smallest absolute Gasteiger partial charge is 0.258 e. The lowest BCUT2D eigenvalue weighted by atomic mass is 10.1. The summed E-state index contributed by atoms with van der Waals surface area (Å²) in [6, 6.07) is 13.7. The van der Waals surface area contributed by atoms with Gasteiger partial charge >= 0.3 is 0 Å². The van der Waals surface area contributed by atoms with Crippen molar-refractivity contribution in [2.24, 2.45) is 15.9 Å². The molecular weight excluding hydrogens is 356 g/mol. The lowest BCUT2D eigenvalue weighted by Gasteiger charge is -2.10. The third kappa shape index (κ3) is 4.80. The summed E-state index contributed by atoms with van der Waals surface area (Å²) >= 11 is 0. The number of rotatable bonds is 5. The van der Waals surface area contributed by atoms with Crippen LogP contribution in [0.2, 0.25) is 0 Å². The van der Waals surface area contributed by atoms with Crippen LogP contribution in [0, 0.1) is 30.6 Å². The van der Waals surface area contributed by atoms with Crippen LogP contribution in [0.15, 0.2) is 52.6 Å². The Hall–Kier alpha value is -3.99. The molecule has 2 aromatic carbocycles. The van der Waals surface area contributed by atoms with Crippen LogP contribution in [-0.2, 0) is 4.84 Å². The molecule has 142 valence electrons. The first-order valence-corrected chi connectivity index (χ1v) is 8.29. The Kier molecular flexibility index (Phi) is 6.60. The van der Waals surface area contributed by atoms with Crippen molar-refractivity contribution in [3.8, 4) is 6.07 Å². The SMILES string of the molecule is CO/N=C(/NC(=O)c1ccccc1C#N)C(=N)C(N)=Nc1ccc(C)c(C)c1. The maximum atomic E-state index is 12.5. The number of nitrogens with two attached hydrogens (primary N) is 1. The average Bonchev–Trinajstić information content (AvgIpc) is 2.69. The molecule has 2 rings (SSSR count). The van der Waals surface area contributed by atoms with E-state index in [-0.39, 0.29) is 28.5 Å². The van der Waals surface area contributed by atoms with Crippen LogP contribution in [0.3, 0.4) is 0 Å². The van der Waals surface area contributed by atoms with E-state index in [1.807, 2.05) is 32.0 Å². The quantitative estimate of drug-likeness (QED) is 0.419. The molecule has 8 nitrogen and oxygen atoms in total. The molecule has 0 aliphatic heterocycles. The molecule has 0 aliphatic rings. The predicted molar refractivity (Wildman–Crippen MR) is 108 cm³/mol. The highest BCUT2D eigenvalue weighted by Crippen LogP contribution is 2.17. The van der Waals surface area contributed by atoms with Crippen LogP contribution in [-0.4, -0.2) is 30.4 Å². The van der Waals surface area contributed by atoms with Crippen LogP contribution in [0.25, 0.3) is 0 Å². The second kappa shape index (κ2) is 9.09. The number of carbonyl (C=O) groups is 1. The second-order valence-corrected chi connectivity index (χ2v) is 5.87. The zero-order valence-corrected chi connectivity index (χ0v) is 15.8. The number of carbonyl (C=O) groups excluding carboxylic acids is 1. The number of hydrogen-bond donors (Lipinski definition) is 3. The fourth-order valence-corrected chi connectivity index (χ4v) is 2.29. The monoisotopic (exact) mass is 376 g/mol. The summed E-state index contributed by atoms with van der Waals surface area (Å²) in [6.07, 6.45) is 0. The third-order valence-electron chi connectivity index (χ3n) is 3.94. The zero-order valence-electron chi connectivity index (χ0n) is 15.8. The van der Waals surface area contributed by atoms with Crippen molar-refractivity contribution in [1.29, 1.82) is 10.7 Å². The highest BCUT2D eigenvalue weighted by atomic mass is 16.6. The van der Waals surface area contributed by atoms with E-state index >= 15 is 0 Å². The second-order valence-electron chi connectivity index (χ2n) is 5.87. The van der Waals surface area contributed by atoms with Crippen molar-refractivity contribution in [3.05, 3.63) is 64.7 Å². The molecule has 0 aliphatic carbocycles. The van der Waals surface area contributed by atoms with Crippen molar-refractivity contribution >= 4 is 29.0 Å². The number of hydrogen-bond acceptors (Lipinski definition) is 6. The van der Waals surface area contributed by atoms with Gasteiger partial charge in [-0.1, -0.05) is 23.4 Å². The van der Waals surface area contributed by atoms with Gasteiger partial charge in [0, 0.05) is 0 Å². The van der Waals surface area contributed by atoms with E-state index in [9.17, 15) is 4.79 Å². The number of amidine groups is 2. The van der Waals surface area contributed by atoms with Crippen LogP contribution >= 0.6 is 0 Å². The predicted octanol–water partition coefficient (Wildman–Crippen LogP) is 2.57. The Balaban J connectivity index is 2.27. The number of nitrogens with zero attached hydrogens (tertiary/aromatic N) is 3. The van der Waals surface area contributed by atoms with Crippen LogP contribution < -0.4 is 11.1 Å². The summed E-state index contributed by atoms with van der Waals surface area (Å²) in [7, 11) is 1.28. The number of nitriles is 1. The molecule has 0 bridgehead atoms. The van der Waals surface area contributed by atoms with Gasteiger partial charge in [0.15, 0.2) is 5.84 Å². The number of benzene rings is 2. The van der Waals surface area contributed by atoms with Gasteiger partial charge in [0.1, 0.15) is 12.8 Å². The minimum Gasteiger partial charge on any atom is -0.397 e. The Morgan fingerprint density at radius 3 is 2.57 bits per heavy atom. The Bertz CT molecular complexity index is 1020. The maximum Gasteiger partial charge on any atom is 0.258 e. The van der Waals surface area contributed by atoms with Crippen LogP contribution in [0.1, 0.15) is 27.0 Å². The number of nitrogens with one attached hydrogen (secondary N) is 2. The summed E-state index contributed by atoms with van der Waals surface area (Å²) in [6.45, 7) is 3.92. The molecule has 0 spiro atoms. The molecule has 0 unspecified atom stereocenters. The van der Waals surface area contributed by atoms with E-state index in [1.165, 1.54) is 19.2 Å². The summed E-state index contributed by atoms with van der Waals surface area (Å²) in [5, 5.41) is 23.5. The molecule has 0 radical (unpaired) electrons. The van der Waals surface area contributed by atoms with E-state index in [0.29, 0.717) is 5.69 Å². The number of amides is 1. The maximum absolute atomic E-state index is 12.5. The summed E-state index contributed by atoms with van der Waals surface area (Å²) < 4.78 is 0. The zero-order chi connectivity index (χ0) is 20.7. The van der Waals surface area contributed by atoms with Crippen LogP contribution in [0.5, 0.6) is 0 Å². The standard InChI is InChI=1S/C20H20N6O2/c1-12-8-9-15(10-13(12)2)24-18(23)17(22)19(26-28-3)25-20(27)16-7-5-4-6-14(16)11-21/h4-10,22H,1-3H3,(H2,23,24)(H,25,26,27). The lowest BCUT2D eigenvalue weighted by molar-refractivity contribution is 0.0975. The Morgan fingerprint density at radius 1 is 1.21 bits per heavy atom. The molecule has 2 aromatic rings. The number of aryl methyl sites for hydroxylation is 2. The van der Waals surface area contributed by atoms with E-state index < -0.39 is 5.91 Å². The van der Waals surface area contributed by atoms with Gasteiger partial charge in [-0.15, -0.1) is 0 Å². The highest BCUT2D eigenvalue weighted by Gasteiger charge is 2.19. The minimum atomic E-state index is -0.614. The van der Waals surface area contributed by atoms with Gasteiger partial charge in [-0.25, -0.2) is 4.99 Å². The first-order chi connectivity index (χ1) is 13.4. The Morgan fingerprint density at radius 2 is 1.93 bits per heavy atom. The molecule has 4 N–H and O–H groups in total. The number of aliphatic imine (C=N–C) groups is 1. The van der Waals surface area contributed by atoms with Crippen molar-refractivity contribution in [2.45, 2.75) is 13.8 Å². The molecule has 0 atom stereocenters. The van der Waals surface area contributed by atoms with E-state index in [4.69, 9.17) is 21.2 Å². The van der Waals surface area contributed by atoms with Crippen molar-refractivity contribution in [3.63, 3.8) is 0 Å². The molecule has 1 amide bonds. The Labute approximate surface area is 162 Å². The van der Waals surface area contributed by atoms with Gasteiger partial charge in [-0.05, 0) is 49.2 Å². The van der Waals surface area contributed by atoms with E-state index in [2.05, 4.69) is 15.5 Å². The lowest BCUT2D eigenvalue weighted by Crippen LogP contribution is -2.42. The summed E-state index contributed by atoms with van der Waals surface area (Å²) in [5.74, 6) is -0.977. The highest BCUT2D eigenvalue weighted by molar-refractivity contribution is 6.67. The van der Waals surface area contributed by atoms with Gasteiger partial charge in [0.25, 0.3) is 5.91 Å². The molecule has 28 heavy (non-hydrogen) atoms. The fraction of sp³-hybridized carbons (Fsp3) is 0.150. The first-order valence-electron chi connectivity index (χ1n) is 8.29. The minimum absolute atomic E-state index is 0.145. The summed E-state index contributed by atoms with van der Waals surface area (Å²) in [4.78, 5) is 21.4. The van der Waals surface area contributed by atoms with Gasteiger partial charge in [0.05, 0.1) is 22.9 Å². The topological polar surface area (TPSA) is 137 Å². The third-order valence-corrected chi connectivity index (χ3v) is 3.94. The molecule has 0 heterocycles. The normalized spacial score (nSPS) is 11.5. The van der Waals surface area contributed by atoms with Crippen LogP contribution in [0.4, 0.5) is 5.69 Å². The van der Waals surface area contributed by atoms with E-state index in [0.717, 1.165) is 11.1 Å². The van der Waals surface area contributed by atoms with Crippen molar-refractivity contribution in [2.75, 3.05) is 7.11 Å². The average molecular weight is 376 g/mol. The van der Waals surface area contributed by atoms with Crippen molar-refractivity contribution < 1.29 is 9.63 Å². The van der Waals surface area contributed by atoms with E-state index in [1.54, 1.807) is 18.2 Å². The molecule has 8 heteroatoms. The molecule has 0 fully saturated rings. The van der Waals surface area contributed by atoms with Gasteiger partial charge in [-0.2, -0.15) is 5.26 Å². The largest absolute Gasteiger partial charge is 0.397 e. The summed E-state index contributed by atoms with van der Waals surface area (Å²) in [5.41, 5.74) is 8.66. The first kappa shape index (κ1) is 20.3. The fourth-order valence-electron chi connectivity index (χ4n) is 2.29. The molecule has 0 aromatic heterocycles. The molecule has 0 saturated carbocycles. The van der Waals surface area contributed by atoms with Crippen molar-refractivity contribution in [1.82, 2.24) is 5.32 Å². The van der Waals surface area contributed by atoms with Gasteiger partial charge < -0.3 is 15.9 Å². The van der Waals surface area contributed by atoms with Gasteiger partial charge in [-0.3, -0.25) is 10.2 Å². The molecule has 0 saturated heterocycles. The molecular formula is C20H20N6O2.